The second-order valence-corrected chi connectivity index (χ2v) is 9.47. The van der Waals surface area contributed by atoms with Gasteiger partial charge in [-0.15, -0.1) is 0 Å². The Hall–Kier alpha value is -5.30. The number of nitro groups is 1. The summed E-state index contributed by atoms with van der Waals surface area (Å²) in [4.78, 5) is 67.5. The average molecular weight is 558 g/mol. The average Bonchev–Trinajstić information content (AvgIpc) is 3.52. The Balaban J connectivity index is 1.42. The number of aromatic nitrogens is 1. The fourth-order valence-electron chi connectivity index (χ4n) is 4.02. The lowest BCUT2D eigenvalue weighted by molar-refractivity contribution is -0.384. The number of Topliss-reactive ketones (excluding diaryl/α,β-unsaturated/α-hetero) is 1. The van der Waals surface area contributed by atoms with Crippen LogP contribution in [0.15, 0.2) is 77.9 Å². The molecule has 2 heterocycles. The third-order valence-corrected chi connectivity index (χ3v) is 6.83. The zero-order valence-corrected chi connectivity index (χ0v) is 21.6. The molecule has 5 rings (SSSR count). The minimum absolute atomic E-state index is 0.0615. The van der Waals surface area contributed by atoms with Gasteiger partial charge in [0.05, 0.1) is 27.5 Å². The molecule has 1 aliphatic heterocycles. The van der Waals surface area contributed by atoms with Crippen LogP contribution >= 0.6 is 11.3 Å². The summed E-state index contributed by atoms with van der Waals surface area (Å²) in [5.74, 6) is -5.21. The number of thiazole rings is 1. The summed E-state index contributed by atoms with van der Waals surface area (Å²) in [6.07, 6.45) is 0. The van der Waals surface area contributed by atoms with E-state index in [-0.39, 0.29) is 22.1 Å². The maximum atomic E-state index is 13.4. The van der Waals surface area contributed by atoms with Gasteiger partial charge in [-0.25, -0.2) is 4.98 Å². The molecular formula is C27H19N5O7S. The van der Waals surface area contributed by atoms with Gasteiger partial charge in [-0.2, -0.15) is 10.1 Å². The van der Waals surface area contributed by atoms with Crippen LogP contribution in [-0.4, -0.2) is 50.7 Å². The highest BCUT2D eigenvalue weighted by atomic mass is 32.1. The van der Waals surface area contributed by atoms with Crippen molar-refractivity contribution in [3.8, 4) is 5.75 Å². The molecule has 0 saturated heterocycles. The van der Waals surface area contributed by atoms with Crippen molar-refractivity contribution >= 4 is 61.6 Å². The minimum atomic E-state index is -1.69. The third kappa shape index (κ3) is 5.05. The molecule has 0 radical (unpaired) electrons. The Morgan fingerprint density at radius 3 is 2.48 bits per heavy atom. The molecule has 1 atom stereocenters. The van der Waals surface area contributed by atoms with Crippen molar-refractivity contribution in [1.29, 1.82) is 0 Å². The number of hydrazone groups is 1. The molecule has 1 aromatic heterocycles. The number of ether oxygens (including phenoxy) is 1. The first-order valence-corrected chi connectivity index (χ1v) is 12.7. The van der Waals surface area contributed by atoms with E-state index in [4.69, 9.17) is 4.74 Å². The van der Waals surface area contributed by atoms with Crippen molar-refractivity contribution in [3.05, 3.63) is 94.0 Å². The summed E-state index contributed by atoms with van der Waals surface area (Å²) >= 11 is 1.13. The van der Waals surface area contributed by atoms with Crippen molar-refractivity contribution in [2.75, 3.05) is 11.9 Å². The second-order valence-electron chi connectivity index (χ2n) is 8.44. The highest BCUT2D eigenvalue weighted by Crippen LogP contribution is 2.30. The van der Waals surface area contributed by atoms with Gasteiger partial charge in [-0.3, -0.25) is 34.6 Å². The van der Waals surface area contributed by atoms with Gasteiger partial charge in [0.1, 0.15) is 5.75 Å². The number of rotatable bonds is 8. The lowest BCUT2D eigenvalue weighted by Crippen LogP contribution is -2.41. The van der Waals surface area contributed by atoms with E-state index in [9.17, 15) is 29.3 Å². The fraction of sp³-hybridized carbons (Fsp3) is 0.111. The van der Waals surface area contributed by atoms with Gasteiger partial charge in [0.2, 0.25) is 5.78 Å². The van der Waals surface area contributed by atoms with E-state index < -0.39 is 34.3 Å². The van der Waals surface area contributed by atoms with Crippen molar-refractivity contribution in [2.24, 2.45) is 11.0 Å². The van der Waals surface area contributed by atoms with Crippen LogP contribution in [0.1, 0.15) is 22.8 Å². The number of non-ortho nitro benzene ring substituents is 1. The topological polar surface area (TPSA) is 161 Å². The third-order valence-electron chi connectivity index (χ3n) is 5.90. The number of nitro benzene ring substituents is 1. The molecule has 0 unspecified atom stereocenters. The summed E-state index contributed by atoms with van der Waals surface area (Å²) in [6, 6.07) is 18.0. The number of hydrogen-bond donors (Lipinski definition) is 1. The number of imide groups is 1. The summed E-state index contributed by atoms with van der Waals surface area (Å²) < 4.78 is 6.20. The number of benzene rings is 3. The van der Waals surface area contributed by atoms with Crippen LogP contribution in [0.4, 0.5) is 10.8 Å². The van der Waals surface area contributed by atoms with Crippen LogP contribution < -0.4 is 10.1 Å². The van der Waals surface area contributed by atoms with E-state index in [2.05, 4.69) is 15.4 Å². The van der Waals surface area contributed by atoms with E-state index in [1.54, 1.807) is 48.5 Å². The molecule has 4 aromatic rings. The number of nitrogens with zero attached hydrogens (tertiary/aromatic N) is 4. The van der Waals surface area contributed by atoms with Crippen LogP contribution in [0.3, 0.4) is 0 Å². The molecule has 13 heteroatoms. The largest absolute Gasteiger partial charge is 0.494 e. The second kappa shape index (κ2) is 10.8. The molecule has 1 aliphatic rings. The molecule has 0 spiro atoms. The number of nitrogens with one attached hydrogen (secondary N) is 1. The highest BCUT2D eigenvalue weighted by molar-refractivity contribution is 7.22. The standard InChI is InChI=1S/C27H19N5O7S/c1-2-39-18-12-13-19-20(14-18)40-27(28-19)29-24(34)23(33)21-22(15-6-4-3-5-7-15)30-31(26(21)36)25(35)16-8-10-17(11-9-16)32(37)38/h3-14,21H,2H2,1H3,(H,28,29,34)/t21-/m1/s1. The van der Waals surface area contributed by atoms with Gasteiger partial charge in [0.25, 0.3) is 23.4 Å². The van der Waals surface area contributed by atoms with Crippen LogP contribution in [0.5, 0.6) is 5.75 Å². The predicted molar refractivity (Wildman–Crippen MR) is 145 cm³/mol. The van der Waals surface area contributed by atoms with Crippen LogP contribution in [0.2, 0.25) is 0 Å². The zero-order chi connectivity index (χ0) is 28.4. The van der Waals surface area contributed by atoms with E-state index in [0.717, 1.165) is 28.2 Å². The molecule has 12 nitrogen and oxygen atoms in total. The van der Waals surface area contributed by atoms with E-state index in [1.807, 2.05) is 6.92 Å². The molecule has 0 fully saturated rings. The van der Waals surface area contributed by atoms with Crippen molar-refractivity contribution < 1.29 is 28.8 Å². The Morgan fingerprint density at radius 1 is 1.07 bits per heavy atom. The molecule has 3 amide bonds. The van der Waals surface area contributed by atoms with Crippen LogP contribution in [-0.2, 0) is 14.4 Å². The van der Waals surface area contributed by atoms with Gasteiger partial charge >= 0.3 is 0 Å². The number of carbonyl (C=O) groups is 4. The Labute approximate surface area is 230 Å². The number of anilines is 1. The minimum Gasteiger partial charge on any atom is -0.494 e. The molecule has 3 aromatic carbocycles. The summed E-state index contributed by atoms with van der Waals surface area (Å²) in [7, 11) is 0. The van der Waals surface area contributed by atoms with Crippen molar-refractivity contribution in [2.45, 2.75) is 6.92 Å². The van der Waals surface area contributed by atoms with Gasteiger partial charge in [-0.1, -0.05) is 41.7 Å². The van der Waals surface area contributed by atoms with Gasteiger partial charge < -0.3 is 4.74 Å². The van der Waals surface area contributed by atoms with E-state index in [1.165, 1.54) is 12.1 Å². The first-order chi connectivity index (χ1) is 19.3. The monoisotopic (exact) mass is 557 g/mol. The Bertz CT molecular complexity index is 1700. The van der Waals surface area contributed by atoms with Gasteiger partial charge in [0, 0.05) is 17.7 Å². The van der Waals surface area contributed by atoms with Gasteiger partial charge in [0.15, 0.2) is 11.0 Å². The maximum absolute atomic E-state index is 13.4. The molecule has 0 saturated carbocycles. The molecular weight excluding hydrogens is 538 g/mol. The van der Waals surface area contributed by atoms with E-state index in [0.29, 0.717) is 28.4 Å². The highest BCUT2D eigenvalue weighted by Gasteiger charge is 2.46. The number of carbonyl (C=O) groups excluding carboxylic acids is 4. The summed E-state index contributed by atoms with van der Waals surface area (Å²) in [5, 5.41) is 18.2. The molecule has 40 heavy (non-hydrogen) atoms. The fourth-order valence-corrected chi connectivity index (χ4v) is 4.91. The zero-order valence-electron chi connectivity index (χ0n) is 20.8. The SMILES string of the molecule is CCOc1ccc2nc(NC(=O)C(=O)[C@@H]3C(=O)N(C(=O)c4ccc([N+](=O)[O-])cc4)N=C3c3ccccc3)sc2c1. The Kier molecular flexibility index (Phi) is 7.12. The predicted octanol–water partition coefficient (Wildman–Crippen LogP) is 3.81. The van der Waals surface area contributed by atoms with Crippen LogP contribution in [0, 0.1) is 16.0 Å². The lowest BCUT2D eigenvalue weighted by atomic mass is 9.92. The molecule has 0 bridgehead atoms. The summed E-state index contributed by atoms with van der Waals surface area (Å²) in [5.41, 5.74) is 0.565. The molecule has 0 aliphatic carbocycles. The smallest absolute Gasteiger partial charge is 0.294 e. The number of fused-ring (bicyclic) bond motifs is 1. The van der Waals surface area contributed by atoms with E-state index >= 15 is 0 Å². The maximum Gasteiger partial charge on any atom is 0.294 e. The van der Waals surface area contributed by atoms with Crippen LogP contribution in [0.25, 0.3) is 10.2 Å². The Morgan fingerprint density at radius 2 is 1.80 bits per heavy atom. The number of hydrogen-bond acceptors (Lipinski definition) is 10. The van der Waals surface area contributed by atoms with Gasteiger partial charge in [-0.05, 0) is 42.8 Å². The normalized spacial score (nSPS) is 14.6. The lowest BCUT2D eigenvalue weighted by Gasteiger charge is -2.12. The molecule has 1 N–H and O–H groups in total. The molecule has 200 valence electrons. The first-order valence-electron chi connectivity index (χ1n) is 11.9. The van der Waals surface area contributed by atoms with Crippen molar-refractivity contribution in [3.63, 3.8) is 0 Å². The summed E-state index contributed by atoms with van der Waals surface area (Å²) in [6.45, 7) is 2.33. The first kappa shape index (κ1) is 26.3. The number of ketones is 1. The quantitative estimate of drug-likeness (QED) is 0.112. The van der Waals surface area contributed by atoms with Crippen molar-refractivity contribution in [1.82, 2.24) is 9.99 Å². The number of amides is 3.